The average molecular weight is 304 g/mol. The van der Waals surface area contributed by atoms with E-state index >= 15 is 0 Å². The van der Waals surface area contributed by atoms with Crippen molar-refractivity contribution in [3.63, 3.8) is 0 Å². The maximum Gasteiger partial charge on any atom is 0.267 e. The molecule has 0 saturated carbocycles. The number of rotatable bonds is 2. The van der Waals surface area contributed by atoms with Gasteiger partial charge in [-0.25, -0.2) is 8.78 Å². The van der Waals surface area contributed by atoms with Crippen LogP contribution in [0.1, 0.15) is 9.67 Å². The topological polar surface area (TPSA) is 55.1 Å². The Balaban J connectivity index is 2.01. The molecule has 0 aliphatic rings. The second kappa shape index (κ2) is 5.14. The van der Waals surface area contributed by atoms with E-state index < -0.39 is 17.5 Å². The summed E-state index contributed by atoms with van der Waals surface area (Å²) in [5.74, 6) is -1.58. The zero-order valence-electron chi connectivity index (χ0n) is 10.7. The summed E-state index contributed by atoms with van der Waals surface area (Å²) in [5.41, 5.74) is 5.97. The molecule has 0 bridgehead atoms. The smallest absolute Gasteiger partial charge is 0.267 e. The van der Waals surface area contributed by atoms with Crippen LogP contribution in [0.3, 0.4) is 0 Å². The number of halogens is 2. The molecule has 0 unspecified atom stereocenters. The maximum absolute atomic E-state index is 13.7. The first-order valence-corrected chi connectivity index (χ1v) is 6.92. The van der Waals surface area contributed by atoms with Crippen LogP contribution in [0, 0.1) is 11.6 Å². The first-order valence-electron chi connectivity index (χ1n) is 6.10. The Kier molecular flexibility index (Phi) is 3.31. The normalized spacial score (nSPS) is 10.8. The molecular weight excluding hydrogens is 294 g/mol. The number of carbonyl (C=O) groups excluding carboxylic acids is 1. The van der Waals surface area contributed by atoms with Gasteiger partial charge in [-0.15, -0.1) is 11.3 Å². The number of nitrogens with one attached hydrogen (secondary N) is 1. The molecular formula is C15H10F2N2OS. The van der Waals surface area contributed by atoms with E-state index in [1.165, 1.54) is 24.3 Å². The number of thiophene rings is 1. The van der Waals surface area contributed by atoms with Crippen molar-refractivity contribution in [1.29, 1.82) is 0 Å². The lowest BCUT2D eigenvalue weighted by atomic mass is 10.2. The van der Waals surface area contributed by atoms with Gasteiger partial charge in [0.15, 0.2) is 0 Å². The number of para-hydroxylation sites is 1. The number of fused-ring (bicyclic) bond motifs is 1. The zero-order chi connectivity index (χ0) is 15.0. The van der Waals surface area contributed by atoms with Crippen LogP contribution in [0.15, 0.2) is 42.5 Å². The molecule has 0 fully saturated rings. The molecule has 1 amide bonds. The summed E-state index contributed by atoms with van der Waals surface area (Å²) in [5, 5.41) is 2.67. The van der Waals surface area contributed by atoms with E-state index in [1.54, 1.807) is 18.2 Å². The molecule has 2 aromatic carbocycles. The van der Waals surface area contributed by atoms with Gasteiger partial charge < -0.3 is 11.1 Å². The van der Waals surface area contributed by atoms with Crippen molar-refractivity contribution in [3.8, 4) is 0 Å². The molecule has 0 aliphatic carbocycles. The molecule has 1 heterocycles. The third-order valence-corrected chi connectivity index (χ3v) is 4.20. The van der Waals surface area contributed by atoms with Gasteiger partial charge in [0, 0.05) is 4.70 Å². The van der Waals surface area contributed by atoms with Crippen molar-refractivity contribution < 1.29 is 13.6 Å². The zero-order valence-corrected chi connectivity index (χ0v) is 11.5. The van der Waals surface area contributed by atoms with Gasteiger partial charge in [0.1, 0.15) is 16.5 Å². The number of carbonyl (C=O) groups is 1. The van der Waals surface area contributed by atoms with Gasteiger partial charge in [-0.05, 0) is 24.3 Å². The average Bonchev–Trinajstić information content (AvgIpc) is 2.80. The van der Waals surface area contributed by atoms with Crippen LogP contribution in [-0.2, 0) is 0 Å². The minimum atomic E-state index is -0.557. The standard InChI is InChI=1S/C15H10F2N2OS/c16-8-4-1-2-6-10(8)19-15(20)14-13(18)12-9(17)5-3-7-11(12)21-14/h1-7H,18H2,(H,19,20). The van der Waals surface area contributed by atoms with Crippen LogP contribution < -0.4 is 11.1 Å². The quantitative estimate of drug-likeness (QED) is 0.751. The Labute approximate surface area is 123 Å². The highest BCUT2D eigenvalue weighted by atomic mass is 32.1. The summed E-state index contributed by atoms with van der Waals surface area (Å²) in [7, 11) is 0. The predicted octanol–water partition coefficient (Wildman–Crippen LogP) is 4.01. The van der Waals surface area contributed by atoms with Crippen LogP contribution in [-0.4, -0.2) is 5.91 Å². The summed E-state index contributed by atoms with van der Waals surface area (Å²) in [6.45, 7) is 0. The van der Waals surface area contributed by atoms with Crippen LogP contribution in [0.4, 0.5) is 20.2 Å². The second-order valence-corrected chi connectivity index (χ2v) is 5.44. The van der Waals surface area contributed by atoms with Crippen LogP contribution in [0.2, 0.25) is 0 Å². The number of hydrogen-bond acceptors (Lipinski definition) is 3. The minimum absolute atomic E-state index is 0.0554. The second-order valence-electron chi connectivity index (χ2n) is 4.39. The van der Waals surface area contributed by atoms with Crippen molar-refractivity contribution in [2.24, 2.45) is 0 Å². The van der Waals surface area contributed by atoms with E-state index in [2.05, 4.69) is 5.32 Å². The third kappa shape index (κ3) is 2.34. The Bertz CT molecular complexity index is 845. The molecule has 3 nitrogen and oxygen atoms in total. The molecule has 0 atom stereocenters. The first kappa shape index (κ1) is 13.5. The Morgan fingerprint density at radius 1 is 1.05 bits per heavy atom. The van der Waals surface area contributed by atoms with Gasteiger partial charge in [-0.3, -0.25) is 4.79 Å². The Morgan fingerprint density at radius 2 is 1.76 bits per heavy atom. The first-order chi connectivity index (χ1) is 10.1. The largest absolute Gasteiger partial charge is 0.397 e. The van der Waals surface area contributed by atoms with Gasteiger partial charge in [-0.2, -0.15) is 0 Å². The van der Waals surface area contributed by atoms with E-state index in [-0.39, 0.29) is 21.6 Å². The molecule has 3 aromatic rings. The lowest BCUT2D eigenvalue weighted by Crippen LogP contribution is -2.13. The van der Waals surface area contributed by atoms with Crippen LogP contribution in [0.25, 0.3) is 10.1 Å². The molecule has 1 aromatic heterocycles. The molecule has 0 radical (unpaired) electrons. The van der Waals surface area contributed by atoms with Gasteiger partial charge in [0.05, 0.1) is 16.8 Å². The molecule has 3 rings (SSSR count). The highest BCUT2D eigenvalue weighted by Crippen LogP contribution is 2.35. The van der Waals surface area contributed by atoms with E-state index in [4.69, 9.17) is 5.73 Å². The molecule has 3 N–H and O–H groups in total. The number of benzene rings is 2. The number of amides is 1. The minimum Gasteiger partial charge on any atom is -0.397 e. The Morgan fingerprint density at radius 3 is 2.48 bits per heavy atom. The molecule has 0 saturated heterocycles. The molecule has 21 heavy (non-hydrogen) atoms. The van der Waals surface area contributed by atoms with Crippen LogP contribution in [0.5, 0.6) is 0 Å². The van der Waals surface area contributed by atoms with E-state index in [1.807, 2.05) is 0 Å². The summed E-state index contributed by atoms with van der Waals surface area (Å²) >= 11 is 1.07. The number of anilines is 2. The third-order valence-electron chi connectivity index (χ3n) is 3.03. The SMILES string of the molecule is Nc1c(C(=O)Nc2ccccc2F)sc2cccc(F)c12. The van der Waals surface area contributed by atoms with Crippen molar-refractivity contribution in [3.05, 3.63) is 59.0 Å². The monoisotopic (exact) mass is 304 g/mol. The lowest BCUT2D eigenvalue weighted by Gasteiger charge is -2.05. The van der Waals surface area contributed by atoms with E-state index in [0.29, 0.717) is 4.70 Å². The number of nitrogens with two attached hydrogens (primary N) is 1. The number of hydrogen-bond donors (Lipinski definition) is 2. The van der Waals surface area contributed by atoms with Gasteiger partial charge in [0.2, 0.25) is 0 Å². The summed E-state index contributed by atoms with van der Waals surface area (Å²) in [4.78, 5) is 12.4. The van der Waals surface area contributed by atoms with E-state index in [0.717, 1.165) is 11.3 Å². The lowest BCUT2D eigenvalue weighted by molar-refractivity contribution is 0.103. The fraction of sp³-hybridized carbons (Fsp3) is 0. The van der Waals surface area contributed by atoms with E-state index in [9.17, 15) is 13.6 Å². The van der Waals surface area contributed by atoms with Crippen molar-refractivity contribution in [2.45, 2.75) is 0 Å². The molecule has 6 heteroatoms. The van der Waals surface area contributed by atoms with Crippen molar-refractivity contribution in [1.82, 2.24) is 0 Å². The van der Waals surface area contributed by atoms with Gasteiger partial charge >= 0.3 is 0 Å². The number of nitrogen functional groups attached to an aromatic ring is 1. The highest BCUT2D eigenvalue weighted by molar-refractivity contribution is 7.21. The predicted molar refractivity (Wildman–Crippen MR) is 80.5 cm³/mol. The molecule has 0 aliphatic heterocycles. The molecule has 0 spiro atoms. The van der Waals surface area contributed by atoms with Gasteiger partial charge in [0.25, 0.3) is 5.91 Å². The van der Waals surface area contributed by atoms with Crippen molar-refractivity contribution >= 4 is 38.7 Å². The van der Waals surface area contributed by atoms with Crippen molar-refractivity contribution in [2.75, 3.05) is 11.1 Å². The summed E-state index contributed by atoms with van der Waals surface area (Å²) in [6.07, 6.45) is 0. The fourth-order valence-electron chi connectivity index (χ4n) is 2.04. The van der Waals surface area contributed by atoms with Gasteiger partial charge in [-0.1, -0.05) is 18.2 Å². The Hall–Kier alpha value is -2.47. The van der Waals surface area contributed by atoms with Crippen LogP contribution >= 0.6 is 11.3 Å². The fourth-order valence-corrected chi connectivity index (χ4v) is 3.07. The summed E-state index contributed by atoms with van der Waals surface area (Å²) < 4.78 is 27.9. The highest BCUT2D eigenvalue weighted by Gasteiger charge is 2.19. The molecule has 106 valence electrons. The maximum atomic E-state index is 13.7. The summed E-state index contributed by atoms with van der Waals surface area (Å²) in [6, 6.07) is 10.3.